The van der Waals surface area contributed by atoms with Gasteiger partial charge in [0.15, 0.2) is 5.88 Å². The second-order valence-corrected chi connectivity index (χ2v) is 3.56. The Bertz CT molecular complexity index is 243. The highest BCUT2D eigenvalue weighted by Gasteiger charge is 2.42. The topological polar surface area (TPSA) is 33.6 Å². The summed E-state index contributed by atoms with van der Waals surface area (Å²) in [4.78, 5) is 4.43. The normalized spacial score (nSPS) is 34.0. The Kier molecular flexibility index (Phi) is 1.60. The molecular weight excluding hydrogens is 152 g/mol. The molecule has 0 spiro atoms. The van der Waals surface area contributed by atoms with E-state index in [0.29, 0.717) is 5.92 Å². The Morgan fingerprint density at radius 2 is 2.42 bits per heavy atom. The number of rotatable bonds is 2. The molecule has 3 nitrogen and oxygen atoms in total. The molecule has 66 valence electrons. The van der Waals surface area contributed by atoms with Gasteiger partial charge in [0.25, 0.3) is 0 Å². The van der Waals surface area contributed by atoms with Gasteiger partial charge >= 0.3 is 0 Å². The molecule has 1 N–H and O–H groups in total. The van der Waals surface area contributed by atoms with E-state index in [9.17, 15) is 0 Å². The lowest BCUT2D eigenvalue weighted by Crippen LogP contribution is -2.44. The van der Waals surface area contributed by atoms with Gasteiger partial charge in [-0.2, -0.15) is 0 Å². The largest absolute Gasteiger partial charge is 0.482 e. The van der Waals surface area contributed by atoms with E-state index in [-0.39, 0.29) is 5.66 Å². The van der Waals surface area contributed by atoms with Crippen LogP contribution in [-0.2, 0) is 4.74 Å². The molecule has 3 heteroatoms. The first-order chi connectivity index (χ1) is 5.74. The third-order valence-corrected chi connectivity index (χ3v) is 2.54. The molecule has 0 bridgehead atoms. The lowest BCUT2D eigenvalue weighted by Gasteiger charge is -2.30. The number of hydrogen-bond acceptors (Lipinski definition) is 3. The number of nitrogens with zero attached hydrogens (tertiary/aromatic N) is 1. The summed E-state index contributed by atoms with van der Waals surface area (Å²) in [6.07, 6.45) is 6.23. The van der Waals surface area contributed by atoms with Crippen molar-refractivity contribution in [1.82, 2.24) is 5.32 Å². The fraction of sp³-hybridized carbons (Fsp3) is 0.667. The van der Waals surface area contributed by atoms with Crippen molar-refractivity contribution in [3.63, 3.8) is 0 Å². The molecule has 0 aromatic carbocycles. The molecule has 2 rings (SSSR count). The van der Waals surface area contributed by atoms with Crippen LogP contribution in [0.1, 0.15) is 19.8 Å². The van der Waals surface area contributed by atoms with E-state index in [1.165, 1.54) is 12.8 Å². The number of aliphatic imine (C=N–C) groups is 1. The van der Waals surface area contributed by atoms with Crippen LogP contribution in [0.4, 0.5) is 0 Å². The lowest BCUT2D eigenvalue weighted by molar-refractivity contribution is 0.209. The molecule has 0 saturated heterocycles. The fourth-order valence-electron chi connectivity index (χ4n) is 1.56. The van der Waals surface area contributed by atoms with Crippen LogP contribution in [0.5, 0.6) is 0 Å². The van der Waals surface area contributed by atoms with Gasteiger partial charge in [-0.05, 0) is 19.8 Å². The van der Waals surface area contributed by atoms with Gasteiger partial charge in [0.2, 0.25) is 0 Å². The van der Waals surface area contributed by atoms with E-state index in [1.807, 2.05) is 12.3 Å². The quantitative estimate of drug-likeness (QED) is 0.670. The van der Waals surface area contributed by atoms with E-state index >= 15 is 0 Å². The third kappa shape index (κ3) is 1.19. The second kappa shape index (κ2) is 2.51. The van der Waals surface area contributed by atoms with E-state index in [4.69, 9.17) is 4.74 Å². The SMILES string of the molecule is COC1=CC=NC(C)(C2CC2)N1. The first kappa shape index (κ1) is 7.65. The van der Waals surface area contributed by atoms with Gasteiger partial charge in [-0.3, -0.25) is 4.99 Å². The van der Waals surface area contributed by atoms with Gasteiger partial charge < -0.3 is 10.1 Å². The summed E-state index contributed by atoms with van der Waals surface area (Å²) in [5.74, 6) is 1.51. The number of nitrogens with one attached hydrogen (secondary N) is 1. The molecule has 12 heavy (non-hydrogen) atoms. The Hall–Kier alpha value is -0.990. The van der Waals surface area contributed by atoms with Crippen LogP contribution in [0, 0.1) is 5.92 Å². The zero-order valence-corrected chi connectivity index (χ0v) is 7.50. The maximum atomic E-state index is 5.12. The smallest absolute Gasteiger partial charge is 0.189 e. The van der Waals surface area contributed by atoms with Crippen LogP contribution < -0.4 is 5.32 Å². The lowest BCUT2D eigenvalue weighted by atomic mass is 10.1. The van der Waals surface area contributed by atoms with Gasteiger partial charge in [0.1, 0.15) is 5.66 Å². The maximum Gasteiger partial charge on any atom is 0.189 e. The van der Waals surface area contributed by atoms with Crippen molar-refractivity contribution < 1.29 is 4.74 Å². The van der Waals surface area contributed by atoms with Crippen LogP contribution in [0.15, 0.2) is 17.0 Å². The van der Waals surface area contributed by atoms with E-state index in [2.05, 4.69) is 17.2 Å². The van der Waals surface area contributed by atoms with Gasteiger partial charge in [-0.1, -0.05) is 0 Å². The summed E-state index contributed by atoms with van der Waals surface area (Å²) in [6.45, 7) is 2.12. The van der Waals surface area contributed by atoms with Crippen molar-refractivity contribution in [3.05, 3.63) is 12.0 Å². The minimum Gasteiger partial charge on any atom is -0.482 e. The molecule has 0 amide bonds. The van der Waals surface area contributed by atoms with Crippen LogP contribution in [0.3, 0.4) is 0 Å². The highest BCUT2D eigenvalue weighted by atomic mass is 16.5. The Morgan fingerprint density at radius 3 is 3.00 bits per heavy atom. The summed E-state index contributed by atoms with van der Waals surface area (Å²) in [5, 5.41) is 3.28. The molecule has 1 fully saturated rings. The Labute approximate surface area is 72.5 Å². The molecule has 2 aliphatic rings. The molecular formula is C9H14N2O. The van der Waals surface area contributed by atoms with Crippen LogP contribution in [0.25, 0.3) is 0 Å². The minimum atomic E-state index is -0.111. The van der Waals surface area contributed by atoms with Gasteiger partial charge in [0, 0.05) is 18.2 Å². The Morgan fingerprint density at radius 1 is 1.67 bits per heavy atom. The number of ether oxygens (including phenoxy) is 1. The van der Waals surface area contributed by atoms with Crippen molar-refractivity contribution in [2.75, 3.05) is 7.11 Å². The van der Waals surface area contributed by atoms with Crippen LogP contribution >= 0.6 is 0 Å². The predicted molar refractivity (Wildman–Crippen MR) is 47.8 cm³/mol. The van der Waals surface area contributed by atoms with Crippen molar-refractivity contribution in [2.45, 2.75) is 25.4 Å². The molecule has 1 atom stereocenters. The van der Waals surface area contributed by atoms with Crippen molar-refractivity contribution in [2.24, 2.45) is 10.9 Å². The Balaban J connectivity index is 2.11. The molecule has 0 radical (unpaired) electrons. The van der Waals surface area contributed by atoms with E-state index in [0.717, 1.165) is 5.88 Å². The predicted octanol–water partition coefficient (Wildman–Crippen LogP) is 1.27. The van der Waals surface area contributed by atoms with Crippen molar-refractivity contribution in [1.29, 1.82) is 0 Å². The number of hydrogen-bond donors (Lipinski definition) is 1. The monoisotopic (exact) mass is 166 g/mol. The van der Waals surface area contributed by atoms with Crippen LogP contribution in [0.2, 0.25) is 0 Å². The first-order valence-corrected chi connectivity index (χ1v) is 4.32. The summed E-state index contributed by atoms with van der Waals surface area (Å²) in [5.41, 5.74) is -0.111. The second-order valence-electron chi connectivity index (χ2n) is 3.56. The summed E-state index contributed by atoms with van der Waals surface area (Å²) in [7, 11) is 1.67. The average molecular weight is 166 g/mol. The number of allylic oxidation sites excluding steroid dienone is 1. The summed E-state index contributed by atoms with van der Waals surface area (Å²) >= 11 is 0. The molecule has 0 aromatic rings. The van der Waals surface area contributed by atoms with Crippen molar-refractivity contribution >= 4 is 6.21 Å². The molecule has 1 heterocycles. The summed E-state index contributed by atoms with van der Waals surface area (Å²) in [6, 6.07) is 0. The van der Waals surface area contributed by atoms with Crippen molar-refractivity contribution in [3.8, 4) is 0 Å². The van der Waals surface area contributed by atoms with E-state index < -0.39 is 0 Å². The fourth-order valence-corrected chi connectivity index (χ4v) is 1.56. The minimum absolute atomic E-state index is 0.111. The summed E-state index contributed by atoms with van der Waals surface area (Å²) < 4.78 is 5.12. The third-order valence-electron chi connectivity index (χ3n) is 2.54. The molecule has 1 unspecified atom stereocenters. The van der Waals surface area contributed by atoms with Crippen LogP contribution in [-0.4, -0.2) is 19.0 Å². The highest BCUT2D eigenvalue weighted by Crippen LogP contribution is 2.41. The molecule has 1 aliphatic heterocycles. The maximum absolute atomic E-state index is 5.12. The zero-order chi connectivity index (χ0) is 8.60. The van der Waals surface area contributed by atoms with Gasteiger partial charge in [-0.25, -0.2) is 0 Å². The first-order valence-electron chi connectivity index (χ1n) is 4.32. The molecule has 1 saturated carbocycles. The van der Waals surface area contributed by atoms with Gasteiger partial charge in [0.05, 0.1) is 7.11 Å². The zero-order valence-electron chi connectivity index (χ0n) is 7.50. The highest BCUT2D eigenvalue weighted by molar-refractivity contribution is 5.73. The average Bonchev–Trinajstić information content (AvgIpc) is 2.86. The number of methoxy groups -OCH3 is 1. The van der Waals surface area contributed by atoms with E-state index in [1.54, 1.807) is 7.11 Å². The molecule has 0 aromatic heterocycles. The standard InChI is InChI=1S/C9H14N2O/c1-9(7-3-4-7)10-6-5-8(11-9)12-2/h5-7,11H,3-4H2,1-2H3. The molecule has 1 aliphatic carbocycles. The van der Waals surface area contributed by atoms with Gasteiger partial charge in [-0.15, -0.1) is 0 Å².